The fraction of sp³-hybridized carbons (Fsp3) is 0.630. The summed E-state index contributed by atoms with van der Waals surface area (Å²) in [6, 6.07) is 8.71. The number of ether oxygens (including phenoxy) is 1. The van der Waals surface area contributed by atoms with Crippen molar-refractivity contribution in [2.24, 2.45) is 5.92 Å². The highest BCUT2D eigenvalue weighted by Gasteiger charge is 2.35. The molecule has 0 bridgehead atoms. The van der Waals surface area contributed by atoms with Crippen molar-refractivity contribution in [3.8, 4) is 0 Å². The van der Waals surface area contributed by atoms with E-state index in [1.165, 1.54) is 19.3 Å². The van der Waals surface area contributed by atoms with Gasteiger partial charge in [0.25, 0.3) is 5.56 Å². The molecule has 188 valence electrons. The maximum atomic E-state index is 13.2. The molecule has 0 radical (unpaired) electrons. The Morgan fingerprint density at radius 1 is 1.14 bits per heavy atom. The molecule has 35 heavy (non-hydrogen) atoms. The average molecular weight is 479 g/mol. The molecule has 1 aliphatic heterocycles. The Bertz CT molecular complexity index is 1190. The molecule has 1 aliphatic carbocycles. The van der Waals surface area contributed by atoms with Gasteiger partial charge in [-0.25, -0.2) is 4.68 Å². The highest BCUT2D eigenvalue weighted by molar-refractivity contribution is 5.79. The van der Waals surface area contributed by atoms with Gasteiger partial charge in [0.2, 0.25) is 0 Å². The number of nitrogens with one attached hydrogen (secondary N) is 1. The summed E-state index contributed by atoms with van der Waals surface area (Å²) >= 11 is 0. The number of hydrogen-bond donors (Lipinski definition) is 1. The van der Waals surface area contributed by atoms with E-state index in [0.717, 1.165) is 60.1 Å². The molecular weight excluding hydrogens is 440 g/mol. The molecule has 2 fully saturated rings. The average Bonchev–Trinajstić information content (AvgIpc) is 3.52. The standard InChI is InChI=1S/C27H38N6O2/c1-18(2)25(26-29-30-31-33(26)17-23-10-7-13-35-23)32(22-8-5-4-6-9-22)16-21-15-20-12-11-19(3)14-24(20)28-27(21)34/h11-12,14-15,18,22-23,25H,4-10,13,16-17H2,1-3H3,(H,28,34)/t23-,25+/m0/s1. The Kier molecular flexibility index (Phi) is 7.29. The number of aryl methyl sites for hydroxylation is 1. The van der Waals surface area contributed by atoms with Crippen LogP contribution in [0.5, 0.6) is 0 Å². The summed E-state index contributed by atoms with van der Waals surface area (Å²) in [5.41, 5.74) is 2.83. The predicted octanol–water partition coefficient (Wildman–Crippen LogP) is 4.53. The number of pyridine rings is 1. The van der Waals surface area contributed by atoms with Crippen LogP contribution in [0.3, 0.4) is 0 Å². The summed E-state index contributed by atoms with van der Waals surface area (Å²) in [5.74, 6) is 1.17. The van der Waals surface area contributed by atoms with Gasteiger partial charge in [0.15, 0.2) is 5.82 Å². The van der Waals surface area contributed by atoms with Crippen LogP contribution in [0.2, 0.25) is 0 Å². The molecule has 1 N–H and O–H groups in total. The van der Waals surface area contributed by atoms with Gasteiger partial charge in [-0.15, -0.1) is 5.10 Å². The van der Waals surface area contributed by atoms with Crippen molar-refractivity contribution in [2.45, 2.75) is 97.0 Å². The second-order valence-corrected chi connectivity index (χ2v) is 10.7. The lowest BCUT2D eigenvalue weighted by Crippen LogP contribution is -2.43. The molecule has 0 spiro atoms. The van der Waals surface area contributed by atoms with Crippen LogP contribution in [0.1, 0.15) is 81.8 Å². The minimum Gasteiger partial charge on any atom is -0.376 e. The van der Waals surface area contributed by atoms with Crippen LogP contribution in [0.25, 0.3) is 10.9 Å². The Balaban J connectivity index is 1.51. The van der Waals surface area contributed by atoms with Crippen LogP contribution in [0.15, 0.2) is 29.1 Å². The Morgan fingerprint density at radius 2 is 1.97 bits per heavy atom. The van der Waals surface area contributed by atoms with Gasteiger partial charge in [-0.2, -0.15) is 0 Å². The van der Waals surface area contributed by atoms with E-state index in [4.69, 9.17) is 4.74 Å². The van der Waals surface area contributed by atoms with Gasteiger partial charge in [0.1, 0.15) is 0 Å². The van der Waals surface area contributed by atoms with E-state index in [-0.39, 0.29) is 23.6 Å². The molecule has 1 aromatic carbocycles. The summed E-state index contributed by atoms with van der Waals surface area (Å²) in [7, 11) is 0. The minimum atomic E-state index is -0.00892. The van der Waals surface area contributed by atoms with Crippen LogP contribution >= 0.6 is 0 Å². The highest BCUT2D eigenvalue weighted by Crippen LogP contribution is 2.35. The molecule has 2 atom stereocenters. The van der Waals surface area contributed by atoms with Crippen LogP contribution in [-0.2, 0) is 17.8 Å². The maximum Gasteiger partial charge on any atom is 0.252 e. The molecule has 8 heteroatoms. The number of rotatable bonds is 8. The Morgan fingerprint density at radius 3 is 2.71 bits per heavy atom. The Labute approximate surface area is 207 Å². The number of tetrazole rings is 1. The predicted molar refractivity (Wildman–Crippen MR) is 136 cm³/mol. The fourth-order valence-electron chi connectivity index (χ4n) is 5.91. The molecule has 0 amide bonds. The third-order valence-electron chi connectivity index (χ3n) is 7.69. The molecule has 8 nitrogen and oxygen atoms in total. The Hall–Kier alpha value is -2.58. The molecule has 2 aliphatic rings. The van der Waals surface area contributed by atoms with E-state index in [1.807, 2.05) is 17.7 Å². The fourth-order valence-corrected chi connectivity index (χ4v) is 5.91. The first-order valence-corrected chi connectivity index (χ1v) is 13.3. The molecule has 3 aromatic rings. The monoisotopic (exact) mass is 478 g/mol. The number of aromatic amines is 1. The molecule has 2 aromatic heterocycles. The first-order chi connectivity index (χ1) is 17.0. The van der Waals surface area contributed by atoms with Crippen molar-refractivity contribution < 1.29 is 4.74 Å². The minimum absolute atomic E-state index is 0.00892. The molecule has 0 unspecified atom stereocenters. The summed E-state index contributed by atoms with van der Waals surface area (Å²) in [4.78, 5) is 18.8. The van der Waals surface area contributed by atoms with Gasteiger partial charge in [0.05, 0.1) is 18.7 Å². The third-order valence-corrected chi connectivity index (χ3v) is 7.69. The van der Waals surface area contributed by atoms with Crippen LogP contribution in [0.4, 0.5) is 0 Å². The number of hydrogen-bond acceptors (Lipinski definition) is 6. The topological polar surface area (TPSA) is 88.9 Å². The van der Waals surface area contributed by atoms with Gasteiger partial charge in [-0.3, -0.25) is 9.69 Å². The van der Waals surface area contributed by atoms with E-state index in [0.29, 0.717) is 19.1 Å². The number of H-pyrrole nitrogens is 1. The normalized spacial score (nSPS) is 20.3. The van der Waals surface area contributed by atoms with Crippen LogP contribution in [-0.4, -0.2) is 48.8 Å². The molecule has 5 rings (SSSR count). The van der Waals surface area contributed by atoms with E-state index < -0.39 is 0 Å². The van der Waals surface area contributed by atoms with Crippen LogP contribution in [0, 0.1) is 12.8 Å². The molecule has 3 heterocycles. The summed E-state index contributed by atoms with van der Waals surface area (Å²) in [6.45, 7) is 8.59. The van der Waals surface area contributed by atoms with E-state index in [2.05, 4.69) is 57.5 Å². The van der Waals surface area contributed by atoms with Gasteiger partial charge in [0, 0.05) is 30.3 Å². The second kappa shape index (κ2) is 10.6. The number of nitrogens with zero attached hydrogens (tertiary/aromatic N) is 5. The smallest absolute Gasteiger partial charge is 0.252 e. The van der Waals surface area contributed by atoms with E-state index in [9.17, 15) is 4.79 Å². The number of aromatic nitrogens is 5. The van der Waals surface area contributed by atoms with Gasteiger partial charge < -0.3 is 9.72 Å². The van der Waals surface area contributed by atoms with Crippen LogP contribution < -0.4 is 5.56 Å². The maximum absolute atomic E-state index is 13.2. The van der Waals surface area contributed by atoms with Crippen molar-refractivity contribution in [1.29, 1.82) is 0 Å². The number of benzene rings is 1. The zero-order chi connectivity index (χ0) is 24.4. The largest absolute Gasteiger partial charge is 0.376 e. The summed E-state index contributed by atoms with van der Waals surface area (Å²) < 4.78 is 7.83. The van der Waals surface area contributed by atoms with E-state index >= 15 is 0 Å². The molecular formula is C27H38N6O2. The van der Waals surface area contributed by atoms with Crippen molar-refractivity contribution in [1.82, 2.24) is 30.1 Å². The molecule has 1 saturated heterocycles. The first kappa shape index (κ1) is 24.1. The SMILES string of the molecule is Cc1ccc2cc(CN(C3CCCCC3)[C@@H](c3nnnn3C[C@@H]3CCCO3)C(C)C)c(=O)[nH]c2c1. The lowest BCUT2D eigenvalue weighted by Gasteiger charge is -2.41. The summed E-state index contributed by atoms with van der Waals surface area (Å²) in [6.07, 6.45) is 8.31. The zero-order valence-corrected chi connectivity index (χ0v) is 21.2. The lowest BCUT2D eigenvalue weighted by molar-refractivity contribution is 0.0553. The third kappa shape index (κ3) is 5.33. The van der Waals surface area contributed by atoms with Crippen molar-refractivity contribution in [3.05, 3.63) is 51.6 Å². The quantitative estimate of drug-likeness (QED) is 0.512. The van der Waals surface area contributed by atoms with Crippen molar-refractivity contribution in [2.75, 3.05) is 6.61 Å². The van der Waals surface area contributed by atoms with Gasteiger partial charge in [-0.05, 0) is 72.0 Å². The molecule has 1 saturated carbocycles. The summed E-state index contributed by atoms with van der Waals surface area (Å²) in [5, 5.41) is 14.1. The second-order valence-electron chi connectivity index (χ2n) is 10.7. The van der Waals surface area contributed by atoms with Crippen molar-refractivity contribution >= 4 is 10.9 Å². The number of fused-ring (bicyclic) bond motifs is 1. The zero-order valence-electron chi connectivity index (χ0n) is 21.2. The lowest BCUT2D eigenvalue weighted by atomic mass is 9.90. The van der Waals surface area contributed by atoms with Gasteiger partial charge >= 0.3 is 0 Å². The van der Waals surface area contributed by atoms with Gasteiger partial charge in [-0.1, -0.05) is 45.2 Å². The highest BCUT2D eigenvalue weighted by atomic mass is 16.5. The first-order valence-electron chi connectivity index (χ1n) is 13.3. The van der Waals surface area contributed by atoms with Crippen molar-refractivity contribution in [3.63, 3.8) is 0 Å². The van der Waals surface area contributed by atoms with E-state index in [1.54, 1.807) is 0 Å².